The minimum atomic E-state index is 0.152. The Hall–Kier alpha value is -2.68. The molecule has 1 heterocycles. The fraction of sp³-hybridized carbons (Fsp3) is 0.200. The molecular formula is C20H20N2O. The van der Waals surface area contributed by atoms with E-state index in [0.29, 0.717) is 0 Å². The van der Waals surface area contributed by atoms with Gasteiger partial charge in [0.2, 0.25) is 0 Å². The van der Waals surface area contributed by atoms with Crippen molar-refractivity contribution in [1.82, 2.24) is 0 Å². The van der Waals surface area contributed by atoms with Gasteiger partial charge >= 0.3 is 0 Å². The second kappa shape index (κ2) is 5.51. The van der Waals surface area contributed by atoms with Crippen LogP contribution in [0.25, 0.3) is 10.8 Å². The lowest BCUT2D eigenvalue weighted by Gasteiger charge is -2.35. The predicted octanol–water partition coefficient (Wildman–Crippen LogP) is 4.21. The van der Waals surface area contributed by atoms with Crippen molar-refractivity contribution >= 4 is 22.1 Å². The molecule has 116 valence electrons. The van der Waals surface area contributed by atoms with E-state index in [4.69, 9.17) is 10.5 Å². The van der Waals surface area contributed by atoms with Crippen LogP contribution >= 0.6 is 0 Å². The number of anilines is 2. The molecule has 0 saturated carbocycles. The van der Waals surface area contributed by atoms with E-state index in [1.54, 1.807) is 0 Å². The molecule has 3 heteroatoms. The molecule has 4 rings (SSSR count). The molecule has 1 aliphatic rings. The van der Waals surface area contributed by atoms with Crippen LogP contribution in [-0.4, -0.2) is 12.6 Å². The molecule has 1 atom stereocenters. The number of fused-ring (bicyclic) bond motifs is 2. The molecule has 3 aromatic carbocycles. The van der Waals surface area contributed by atoms with Crippen LogP contribution in [0.3, 0.4) is 0 Å². The summed E-state index contributed by atoms with van der Waals surface area (Å²) in [5.74, 6) is 0.879. The number of rotatable bonds is 2. The Balaban J connectivity index is 1.74. The van der Waals surface area contributed by atoms with Crippen molar-refractivity contribution in [3.63, 3.8) is 0 Å². The van der Waals surface area contributed by atoms with Gasteiger partial charge in [-0.2, -0.15) is 0 Å². The molecule has 1 aliphatic heterocycles. The Morgan fingerprint density at radius 3 is 2.83 bits per heavy atom. The van der Waals surface area contributed by atoms with Gasteiger partial charge in [-0.15, -0.1) is 0 Å². The van der Waals surface area contributed by atoms with Gasteiger partial charge in [0.1, 0.15) is 11.9 Å². The fourth-order valence-corrected chi connectivity index (χ4v) is 3.33. The van der Waals surface area contributed by atoms with Gasteiger partial charge in [0.25, 0.3) is 0 Å². The molecule has 2 N–H and O–H groups in total. The Kier molecular flexibility index (Phi) is 3.34. The maximum absolute atomic E-state index is 5.95. The molecule has 0 radical (unpaired) electrons. The minimum Gasteiger partial charge on any atom is -0.487 e. The smallest absolute Gasteiger partial charge is 0.145 e. The molecule has 3 aromatic rings. The van der Waals surface area contributed by atoms with Crippen molar-refractivity contribution in [2.24, 2.45) is 0 Å². The molecule has 0 aromatic heterocycles. The lowest BCUT2D eigenvalue weighted by Crippen LogP contribution is -2.38. The molecule has 3 nitrogen and oxygen atoms in total. The minimum absolute atomic E-state index is 0.152. The lowest BCUT2D eigenvalue weighted by atomic mass is 10.0. The van der Waals surface area contributed by atoms with Crippen LogP contribution in [0.2, 0.25) is 0 Å². The topological polar surface area (TPSA) is 38.5 Å². The van der Waals surface area contributed by atoms with Gasteiger partial charge in [-0.3, -0.25) is 0 Å². The van der Waals surface area contributed by atoms with E-state index >= 15 is 0 Å². The Morgan fingerprint density at radius 2 is 1.91 bits per heavy atom. The maximum atomic E-state index is 5.95. The van der Waals surface area contributed by atoms with Crippen molar-refractivity contribution in [1.29, 1.82) is 0 Å². The van der Waals surface area contributed by atoms with Gasteiger partial charge in [0.05, 0.1) is 12.2 Å². The highest BCUT2D eigenvalue weighted by atomic mass is 16.5. The molecule has 0 saturated heterocycles. The molecule has 0 spiro atoms. The van der Waals surface area contributed by atoms with Crippen molar-refractivity contribution in [3.8, 4) is 5.75 Å². The van der Waals surface area contributed by atoms with E-state index in [9.17, 15) is 0 Å². The van der Waals surface area contributed by atoms with E-state index in [1.165, 1.54) is 16.3 Å². The average molecular weight is 304 g/mol. The Labute approximate surface area is 136 Å². The highest BCUT2D eigenvalue weighted by Gasteiger charge is 2.23. The summed E-state index contributed by atoms with van der Waals surface area (Å²) in [7, 11) is 0. The van der Waals surface area contributed by atoms with Crippen molar-refractivity contribution in [3.05, 3.63) is 66.2 Å². The molecule has 0 fully saturated rings. The number of benzene rings is 3. The lowest BCUT2D eigenvalue weighted by molar-refractivity contribution is 0.212. The van der Waals surface area contributed by atoms with Crippen LogP contribution in [-0.2, 0) is 6.54 Å². The van der Waals surface area contributed by atoms with Gasteiger partial charge in [-0.1, -0.05) is 42.5 Å². The molecule has 1 unspecified atom stereocenters. The highest BCUT2D eigenvalue weighted by molar-refractivity contribution is 5.86. The molecule has 0 aliphatic carbocycles. The molecule has 0 amide bonds. The molecule has 0 bridgehead atoms. The first-order chi connectivity index (χ1) is 11.2. The molecule has 23 heavy (non-hydrogen) atoms. The number of nitrogens with two attached hydrogens (primary N) is 1. The van der Waals surface area contributed by atoms with Crippen LogP contribution in [0.15, 0.2) is 60.7 Å². The summed E-state index contributed by atoms with van der Waals surface area (Å²) >= 11 is 0. The van der Waals surface area contributed by atoms with Gasteiger partial charge in [0, 0.05) is 18.3 Å². The number of nitrogen functional groups attached to an aromatic ring is 1. The highest BCUT2D eigenvalue weighted by Crippen LogP contribution is 2.36. The standard InChI is InChI=1S/C20H20N2O/c1-14-12-22(19-10-9-17(21)11-20(19)23-14)13-16-7-4-6-15-5-2-3-8-18(15)16/h2-11,14H,12-13,21H2,1H3. The third-order valence-electron chi connectivity index (χ3n) is 4.37. The Bertz CT molecular complexity index is 854. The molecular weight excluding hydrogens is 284 g/mol. The number of hydrogen-bond donors (Lipinski definition) is 1. The summed E-state index contributed by atoms with van der Waals surface area (Å²) in [5, 5.41) is 2.59. The third kappa shape index (κ3) is 2.59. The zero-order valence-electron chi connectivity index (χ0n) is 13.2. The zero-order valence-corrected chi connectivity index (χ0v) is 13.2. The SMILES string of the molecule is CC1CN(Cc2cccc3ccccc23)c2ccc(N)cc2O1. The average Bonchev–Trinajstić information content (AvgIpc) is 2.54. The number of hydrogen-bond acceptors (Lipinski definition) is 3. The van der Waals surface area contributed by atoms with Crippen LogP contribution in [0, 0.1) is 0 Å². The normalized spacial score (nSPS) is 16.9. The first kappa shape index (κ1) is 13.9. The first-order valence-corrected chi connectivity index (χ1v) is 7.98. The van der Waals surface area contributed by atoms with Gasteiger partial charge in [-0.25, -0.2) is 0 Å². The first-order valence-electron chi connectivity index (χ1n) is 7.98. The van der Waals surface area contributed by atoms with Crippen LogP contribution in [0.5, 0.6) is 5.75 Å². The van der Waals surface area contributed by atoms with Gasteiger partial charge < -0.3 is 15.4 Å². The zero-order chi connectivity index (χ0) is 15.8. The van der Waals surface area contributed by atoms with E-state index in [2.05, 4.69) is 60.4 Å². The van der Waals surface area contributed by atoms with Crippen LogP contribution in [0.1, 0.15) is 12.5 Å². The van der Waals surface area contributed by atoms with E-state index in [-0.39, 0.29) is 6.10 Å². The third-order valence-corrected chi connectivity index (χ3v) is 4.37. The Morgan fingerprint density at radius 1 is 1.09 bits per heavy atom. The number of nitrogens with zero attached hydrogens (tertiary/aromatic N) is 1. The largest absolute Gasteiger partial charge is 0.487 e. The summed E-state index contributed by atoms with van der Waals surface area (Å²) in [6.07, 6.45) is 0.152. The van der Waals surface area contributed by atoms with Crippen molar-refractivity contribution in [2.75, 3.05) is 17.2 Å². The van der Waals surface area contributed by atoms with Crippen molar-refractivity contribution < 1.29 is 4.74 Å². The van der Waals surface area contributed by atoms with Crippen LogP contribution < -0.4 is 15.4 Å². The monoisotopic (exact) mass is 304 g/mol. The fourth-order valence-electron chi connectivity index (χ4n) is 3.33. The van der Waals surface area contributed by atoms with Gasteiger partial charge in [-0.05, 0) is 35.4 Å². The maximum Gasteiger partial charge on any atom is 0.145 e. The van der Waals surface area contributed by atoms with E-state index in [1.807, 2.05) is 12.1 Å². The predicted molar refractivity (Wildman–Crippen MR) is 95.9 cm³/mol. The number of ether oxygens (including phenoxy) is 1. The second-order valence-electron chi connectivity index (χ2n) is 6.17. The second-order valence-corrected chi connectivity index (χ2v) is 6.17. The summed E-state index contributed by atoms with van der Waals surface area (Å²) in [4.78, 5) is 2.38. The summed E-state index contributed by atoms with van der Waals surface area (Å²) in [6.45, 7) is 3.84. The van der Waals surface area contributed by atoms with Gasteiger partial charge in [0.15, 0.2) is 0 Å². The van der Waals surface area contributed by atoms with E-state index in [0.717, 1.165) is 30.2 Å². The van der Waals surface area contributed by atoms with Crippen LogP contribution in [0.4, 0.5) is 11.4 Å². The van der Waals surface area contributed by atoms with E-state index < -0.39 is 0 Å². The quantitative estimate of drug-likeness (QED) is 0.721. The summed E-state index contributed by atoms with van der Waals surface area (Å²) in [6, 6.07) is 21.0. The summed E-state index contributed by atoms with van der Waals surface area (Å²) < 4.78 is 5.95. The summed E-state index contributed by atoms with van der Waals surface area (Å²) in [5.41, 5.74) is 9.09. The van der Waals surface area contributed by atoms with Crippen molar-refractivity contribution in [2.45, 2.75) is 19.6 Å².